The Balaban J connectivity index is 2.86. The Hall–Kier alpha value is -1.73. The summed E-state index contributed by atoms with van der Waals surface area (Å²) in [5.41, 5.74) is 7.33. The monoisotopic (exact) mass is 188 g/mol. The van der Waals surface area contributed by atoms with E-state index in [0.29, 0.717) is 11.4 Å². The normalized spacial score (nSPS) is 13.4. The molecule has 4 heteroatoms. The molecule has 72 valence electrons. The average Bonchev–Trinajstić information content (AvgIpc) is 2.18. The van der Waals surface area contributed by atoms with Crippen molar-refractivity contribution in [2.45, 2.75) is 19.9 Å². The first kappa shape index (κ1) is 10.4. The molecule has 0 aliphatic rings. The van der Waals surface area contributed by atoms with Crippen LogP contribution in [0.2, 0.25) is 0 Å². The van der Waals surface area contributed by atoms with E-state index in [4.69, 9.17) is 11.0 Å². The minimum atomic E-state index is -0.407. The van der Waals surface area contributed by atoms with Gasteiger partial charge in [0.05, 0.1) is 12.1 Å². The van der Waals surface area contributed by atoms with Gasteiger partial charge in [0.2, 0.25) is 0 Å². The number of allylic oxidation sites excluding steroid dienone is 1. The largest absolute Gasteiger partial charge is 0.318 e. The zero-order valence-electron chi connectivity index (χ0n) is 8.23. The SMILES string of the molecule is CC(C#N)=CC(N)c1ncc(C)cn1. The van der Waals surface area contributed by atoms with Crippen molar-refractivity contribution in [2.75, 3.05) is 0 Å². The summed E-state index contributed by atoms with van der Waals surface area (Å²) in [7, 11) is 0. The van der Waals surface area contributed by atoms with Crippen molar-refractivity contribution in [1.82, 2.24) is 9.97 Å². The second-order valence-corrected chi connectivity index (χ2v) is 3.11. The summed E-state index contributed by atoms with van der Waals surface area (Å²) in [6.07, 6.45) is 5.06. The van der Waals surface area contributed by atoms with Gasteiger partial charge in [-0.1, -0.05) is 0 Å². The van der Waals surface area contributed by atoms with Crippen molar-refractivity contribution in [3.63, 3.8) is 0 Å². The molecule has 0 aromatic carbocycles. The molecular weight excluding hydrogens is 176 g/mol. The van der Waals surface area contributed by atoms with E-state index in [1.54, 1.807) is 25.4 Å². The summed E-state index contributed by atoms with van der Waals surface area (Å²) < 4.78 is 0. The molecule has 0 spiro atoms. The third-order valence-corrected chi connectivity index (χ3v) is 1.70. The second kappa shape index (κ2) is 4.49. The molecule has 1 unspecified atom stereocenters. The maximum atomic E-state index is 8.56. The fraction of sp³-hybridized carbons (Fsp3) is 0.300. The van der Waals surface area contributed by atoms with E-state index in [0.717, 1.165) is 5.56 Å². The van der Waals surface area contributed by atoms with Gasteiger partial charge in [-0.3, -0.25) is 0 Å². The zero-order chi connectivity index (χ0) is 10.6. The van der Waals surface area contributed by atoms with Crippen LogP contribution in [0.1, 0.15) is 24.4 Å². The van der Waals surface area contributed by atoms with Crippen LogP contribution in [0.15, 0.2) is 24.0 Å². The van der Waals surface area contributed by atoms with Crippen LogP contribution in [0.25, 0.3) is 0 Å². The maximum absolute atomic E-state index is 8.56. The number of nitrogens with two attached hydrogens (primary N) is 1. The van der Waals surface area contributed by atoms with Gasteiger partial charge >= 0.3 is 0 Å². The van der Waals surface area contributed by atoms with E-state index in [-0.39, 0.29) is 0 Å². The quantitative estimate of drug-likeness (QED) is 0.709. The first-order valence-corrected chi connectivity index (χ1v) is 4.26. The molecule has 0 aliphatic heterocycles. The molecule has 0 amide bonds. The smallest absolute Gasteiger partial charge is 0.148 e. The van der Waals surface area contributed by atoms with E-state index in [1.807, 2.05) is 13.0 Å². The van der Waals surface area contributed by atoms with Gasteiger partial charge in [0.15, 0.2) is 0 Å². The topological polar surface area (TPSA) is 75.6 Å². The standard InChI is InChI=1S/C10H12N4/c1-7(4-11)3-9(12)10-13-5-8(2)6-14-10/h3,5-6,9H,12H2,1-2H3. The molecule has 0 saturated carbocycles. The van der Waals surface area contributed by atoms with E-state index in [9.17, 15) is 0 Å². The van der Waals surface area contributed by atoms with Crippen molar-refractivity contribution in [3.05, 3.63) is 35.4 Å². The van der Waals surface area contributed by atoms with Gasteiger partial charge in [0.25, 0.3) is 0 Å². The number of hydrogen-bond acceptors (Lipinski definition) is 4. The predicted octanol–water partition coefficient (Wildman–Crippen LogP) is 1.25. The van der Waals surface area contributed by atoms with E-state index < -0.39 is 6.04 Å². The highest BCUT2D eigenvalue weighted by Gasteiger charge is 2.05. The van der Waals surface area contributed by atoms with Crippen LogP contribution < -0.4 is 5.73 Å². The fourth-order valence-electron chi connectivity index (χ4n) is 0.956. The van der Waals surface area contributed by atoms with Crippen LogP contribution in [0.3, 0.4) is 0 Å². The Morgan fingerprint density at radius 1 is 1.57 bits per heavy atom. The molecular formula is C10H12N4. The second-order valence-electron chi connectivity index (χ2n) is 3.11. The van der Waals surface area contributed by atoms with Crippen LogP contribution in [0.4, 0.5) is 0 Å². The molecule has 1 aromatic rings. The number of aromatic nitrogens is 2. The van der Waals surface area contributed by atoms with E-state index in [1.165, 1.54) is 0 Å². The van der Waals surface area contributed by atoms with E-state index >= 15 is 0 Å². The molecule has 0 saturated heterocycles. The molecule has 1 atom stereocenters. The van der Waals surface area contributed by atoms with Gasteiger partial charge in [-0.25, -0.2) is 9.97 Å². The average molecular weight is 188 g/mol. The number of nitrogens with zero attached hydrogens (tertiary/aromatic N) is 3. The highest BCUT2D eigenvalue weighted by Crippen LogP contribution is 2.07. The number of hydrogen-bond donors (Lipinski definition) is 1. The van der Waals surface area contributed by atoms with Crippen molar-refractivity contribution in [2.24, 2.45) is 5.73 Å². The number of aryl methyl sites for hydroxylation is 1. The summed E-state index contributed by atoms with van der Waals surface area (Å²) in [5.74, 6) is 0.533. The van der Waals surface area contributed by atoms with Crippen LogP contribution in [0, 0.1) is 18.3 Å². The Morgan fingerprint density at radius 3 is 2.64 bits per heavy atom. The molecule has 0 radical (unpaired) electrons. The van der Waals surface area contributed by atoms with Crippen molar-refractivity contribution >= 4 is 0 Å². The molecule has 0 bridgehead atoms. The Kier molecular flexibility index (Phi) is 3.32. The predicted molar refractivity (Wildman–Crippen MR) is 53.1 cm³/mol. The third-order valence-electron chi connectivity index (χ3n) is 1.70. The first-order chi connectivity index (χ1) is 6.63. The summed E-state index contributed by atoms with van der Waals surface area (Å²) in [4.78, 5) is 8.15. The molecule has 0 fully saturated rings. The van der Waals surface area contributed by atoms with Crippen molar-refractivity contribution in [1.29, 1.82) is 5.26 Å². The molecule has 14 heavy (non-hydrogen) atoms. The van der Waals surface area contributed by atoms with Gasteiger partial charge < -0.3 is 5.73 Å². The van der Waals surface area contributed by atoms with Gasteiger partial charge in [0, 0.05) is 18.0 Å². The summed E-state index contributed by atoms with van der Waals surface area (Å²) in [6, 6.07) is 1.60. The molecule has 0 aliphatic carbocycles. The molecule has 4 nitrogen and oxygen atoms in total. The van der Waals surface area contributed by atoms with Crippen molar-refractivity contribution < 1.29 is 0 Å². The summed E-state index contributed by atoms with van der Waals surface area (Å²) >= 11 is 0. The van der Waals surface area contributed by atoms with Crippen LogP contribution in [-0.2, 0) is 0 Å². The maximum Gasteiger partial charge on any atom is 0.148 e. The lowest BCUT2D eigenvalue weighted by Gasteiger charge is -2.04. The molecule has 1 rings (SSSR count). The van der Waals surface area contributed by atoms with Gasteiger partial charge in [0.1, 0.15) is 5.82 Å². The third kappa shape index (κ3) is 2.64. The lowest BCUT2D eigenvalue weighted by atomic mass is 10.2. The van der Waals surface area contributed by atoms with Crippen LogP contribution in [-0.4, -0.2) is 9.97 Å². The number of nitriles is 1. The zero-order valence-corrected chi connectivity index (χ0v) is 8.23. The highest BCUT2D eigenvalue weighted by molar-refractivity contribution is 5.22. The highest BCUT2D eigenvalue weighted by atomic mass is 14.9. The minimum Gasteiger partial charge on any atom is -0.318 e. The number of rotatable bonds is 2. The fourth-order valence-corrected chi connectivity index (χ4v) is 0.956. The van der Waals surface area contributed by atoms with Crippen LogP contribution >= 0.6 is 0 Å². The van der Waals surface area contributed by atoms with Crippen molar-refractivity contribution in [3.8, 4) is 6.07 Å². The molecule has 1 heterocycles. The Bertz CT molecular complexity index is 372. The first-order valence-electron chi connectivity index (χ1n) is 4.26. The Labute approximate surface area is 83.1 Å². The van der Waals surface area contributed by atoms with Gasteiger partial charge in [-0.15, -0.1) is 0 Å². The van der Waals surface area contributed by atoms with Gasteiger partial charge in [-0.2, -0.15) is 5.26 Å². The summed E-state index contributed by atoms with van der Waals surface area (Å²) in [5, 5.41) is 8.56. The summed E-state index contributed by atoms with van der Waals surface area (Å²) in [6.45, 7) is 3.61. The van der Waals surface area contributed by atoms with Crippen LogP contribution in [0.5, 0.6) is 0 Å². The molecule has 1 aromatic heterocycles. The Morgan fingerprint density at radius 2 is 2.14 bits per heavy atom. The lowest BCUT2D eigenvalue weighted by molar-refractivity contribution is 0.799. The lowest BCUT2D eigenvalue weighted by Crippen LogP contribution is -2.11. The molecule has 2 N–H and O–H groups in total. The minimum absolute atomic E-state index is 0.407. The van der Waals surface area contributed by atoms with E-state index in [2.05, 4.69) is 9.97 Å². The van der Waals surface area contributed by atoms with Gasteiger partial charge in [-0.05, 0) is 25.5 Å².